The summed E-state index contributed by atoms with van der Waals surface area (Å²) >= 11 is 11.6. The van der Waals surface area contributed by atoms with Gasteiger partial charge in [-0.25, -0.2) is 28.1 Å². The topological polar surface area (TPSA) is 72.0 Å². The van der Waals surface area contributed by atoms with Crippen LogP contribution in [-0.2, 0) is 0 Å². The summed E-state index contributed by atoms with van der Waals surface area (Å²) in [7, 11) is 0. The number of rotatable bonds is 5. The average Bonchev–Trinajstić information content (AvgIpc) is 2.65. The van der Waals surface area contributed by atoms with Gasteiger partial charge in [-0.1, -0.05) is 23.2 Å². The summed E-state index contributed by atoms with van der Waals surface area (Å²) in [5.74, 6) is -0.613. The number of ether oxygens (including phenoxy) is 1. The Hall–Kier alpha value is -2.36. The smallest absolute Gasteiger partial charge is 0.280 e. The third kappa shape index (κ3) is 3.30. The van der Waals surface area contributed by atoms with Gasteiger partial charge in [0.15, 0.2) is 17.2 Å². The zero-order valence-electron chi connectivity index (χ0n) is 14.0. The van der Waals surface area contributed by atoms with E-state index in [9.17, 15) is 13.2 Å². The van der Waals surface area contributed by atoms with Crippen molar-refractivity contribution < 1.29 is 17.9 Å². The number of benzene rings is 1. The number of nitrogens with one attached hydrogen (secondary N) is 2. The van der Waals surface area contributed by atoms with Crippen LogP contribution in [0.3, 0.4) is 0 Å². The number of hydrogen-bond donors (Lipinski definition) is 2. The molecule has 0 unspecified atom stereocenters. The molecule has 1 aliphatic rings. The van der Waals surface area contributed by atoms with Gasteiger partial charge >= 0.3 is 0 Å². The van der Waals surface area contributed by atoms with Crippen molar-refractivity contribution in [1.82, 2.24) is 20.3 Å². The lowest BCUT2D eigenvalue weighted by Gasteiger charge is -2.41. The molecule has 0 amide bonds. The van der Waals surface area contributed by atoms with Gasteiger partial charge in [-0.05, 0) is 18.2 Å². The third-order valence-corrected chi connectivity index (χ3v) is 5.08. The minimum atomic E-state index is -2.68. The first-order valence-electron chi connectivity index (χ1n) is 8.10. The molecule has 0 atom stereocenters. The highest BCUT2D eigenvalue weighted by atomic mass is 35.5. The van der Waals surface area contributed by atoms with E-state index in [0.29, 0.717) is 5.52 Å². The van der Waals surface area contributed by atoms with Gasteiger partial charge < -0.3 is 15.4 Å². The van der Waals surface area contributed by atoms with Gasteiger partial charge in [0.2, 0.25) is 5.88 Å². The molecule has 4 rings (SSSR count). The molecular formula is C17H12Cl2F3N5O. The van der Waals surface area contributed by atoms with Gasteiger partial charge in [0, 0.05) is 19.2 Å². The van der Waals surface area contributed by atoms with Gasteiger partial charge in [0.1, 0.15) is 11.8 Å². The van der Waals surface area contributed by atoms with Crippen molar-refractivity contribution in [3.63, 3.8) is 0 Å². The average molecular weight is 430 g/mol. The number of fused-ring (bicyclic) bond motifs is 1. The fourth-order valence-electron chi connectivity index (χ4n) is 2.67. The van der Waals surface area contributed by atoms with Crippen LogP contribution in [0.2, 0.25) is 10.0 Å². The van der Waals surface area contributed by atoms with Crippen LogP contribution in [0.5, 0.6) is 5.88 Å². The molecule has 0 aliphatic carbocycles. The number of anilines is 2. The maximum Gasteiger partial charge on any atom is 0.280 e. The van der Waals surface area contributed by atoms with Crippen LogP contribution < -0.4 is 15.4 Å². The quantitative estimate of drug-likeness (QED) is 0.592. The number of hydrogen-bond acceptors (Lipinski definition) is 6. The van der Waals surface area contributed by atoms with Crippen molar-refractivity contribution in [2.75, 3.05) is 18.4 Å². The predicted octanol–water partition coefficient (Wildman–Crippen LogP) is 4.20. The molecule has 0 radical (unpaired) electrons. The summed E-state index contributed by atoms with van der Waals surface area (Å²) in [6.45, 7) is 0.0184. The minimum Gasteiger partial charge on any atom is -0.462 e. The zero-order valence-corrected chi connectivity index (χ0v) is 15.5. The van der Waals surface area contributed by atoms with Crippen LogP contribution in [0.1, 0.15) is 0 Å². The summed E-state index contributed by atoms with van der Waals surface area (Å²) in [6, 6.07) is 5.82. The van der Waals surface area contributed by atoms with Crippen molar-refractivity contribution in [1.29, 1.82) is 0 Å². The monoisotopic (exact) mass is 429 g/mol. The fourth-order valence-corrected chi connectivity index (χ4v) is 2.98. The van der Waals surface area contributed by atoms with E-state index >= 15 is 0 Å². The Labute approximate surface area is 167 Å². The molecule has 28 heavy (non-hydrogen) atoms. The first-order valence-corrected chi connectivity index (χ1v) is 8.85. The van der Waals surface area contributed by atoms with Gasteiger partial charge in [0.05, 0.1) is 21.2 Å². The SMILES string of the molecule is Fc1c(Nc2ncnc3ccc(OC4(C(F)F)CNC4)nc23)ccc(Cl)c1Cl. The van der Waals surface area contributed by atoms with Crippen molar-refractivity contribution in [3.8, 4) is 5.88 Å². The maximum absolute atomic E-state index is 14.3. The first kappa shape index (κ1) is 19.0. The Morgan fingerprint density at radius 3 is 2.61 bits per heavy atom. The molecule has 146 valence electrons. The van der Waals surface area contributed by atoms with E-state index in [0.717, 1.165) is 0 Å². The molecule has 1 fully saturated rings. The summed E-state index contributed by atoms with van der Waals surface area (Å²) in [4.78, 5) is 12.4. The second-order valence-electron chi connectivity index (χ2n) is 6.16. The molecule has 6 nitrogen and oxygen atoms in total. The van der Waals surface area contributed by atoms with Crippen LogP contribution in [-0.4, -0.2) is 40.1 Å². The first-order chi connectivity index (χ1) is 13.4. The molecule has 11 heteroatoms. The molecule has 1 saturated heterocycles. The molecule has 2 aromatic heterocycles. The Morgan fingerprint density at radius 1 is 1.14 bits per heavy atom. The number of nitrogens with zero attached hydrogens (tertiary/aromatic N) is 3. The highest BCUT2D eigenvalue weighted by Gasteiger charge is 2.48. The van der Waals surface area contributed by atoms with Crippen molar-refractivity contribution >= 4 is 45.7 Å². The van der Waals surface area contributed by atoms with E-state index in [2.05, 4.69) is 25.6 Å². The summed E-state index contributed by atoms with van der Waals surface area (Å²) in [5.41, 5.74) is -0.959. The zero-order chi connectivity index (χ0) is 19.9. The molecular weight excluding hydrogens is 418 g/mol. The van der Waals surface area contributed by atoms with E-state index in [1.165, 1.54) is 24.5 Å². The predicted molar refractivity (Wildman–Crippen MR) is 99.3 cm³/mol. The summed E-state index contributed by atoms with van der Waals surface area (Å²) in [6.07, 6.45) is -1.42. The summed E-state index contributed by atoms with van der Waals surface area (Å²) < 4.78 is 46.4. The maximum atomic E-state index is 14.3. The highest BCUT2D eigenvalue weighted by molar-refractivity contribution is 6.42. The second-order valence-corrected chi connectivity index (χ2v) is 6.94. The van der Waals surface area contributed by atoms with Crippen LogP contribution in [0.25, 0.3) is 11.0 Å². The lowest BCUT2D eigenvalue weighted by molar-refractivity contribution is -0.108. The van der Waals surface area contributed by atoms with Gasteiger partial charge in [-0.2, -0.15) is 0 Å². The molecule has 0 spiro atoms. The van der Waals surface area contributed by atoms with Crippen molar-refractivity contribution in [2.24, 2.45) is 0 Å². The molecule has 0 bridgehead atoms. The summed E-state index contributed by atoms with van der Waals surface area (Å²) in [5, 5.41) is 5.37. The van der Waals surface area contributed by atoms with Gasteiger partial charge in [0.25, 0.3) is 6.43 Å². The highest BCUT2D eigenvalue weighted by Crippen LogP contribution is 2.33. The number of pyridine rings is 1. The third-order valence-electron chi connectivity index (χ3n) is 4.30. The molecule has 1 aromatic carbocycles. The molecule has 0 saturated carbocycles. The molecule has 1 aliphatic heterocycles. The number of aromatic nitrogens is 3. The largest absolute Gasteiger partial charge is 0.462 e. The second kappa shape index (κ2) is 7.23. The van der Waals surface area contributed by atoms with E-state index < -0.39 is 17.8 Å². The van der Waals surface area contributed by atoms with E-state index in [-0.39, 0.29) is 46.0 Å². The number of alkyl halides is 2. The van der Waals surface area contributed by atoms with E-state index in [1.54, 1.807) is 6.07 Å². The Bertz CT molecular complexity index is 1050. The van der Waals surface area contributed by atoms with E-state index in [4.69, 9.17) is 27.9 Å². The standard InChI is InChI=1S/C17H12Cl2F3N5O/c18-8-1-2-9(13(20)12(8)19)26-15-14-10(24-7-25-15)3-4-11(27-14)28-17(16(21)22)5-23-6-17/h1-4,7,16,23H,5-6H2,(H,24,25,26). The van der Waals surface area contributed by atoms with Gasteiger partial charge in [-0.3, -0.25) is 0 Å². The minimum absolute atomic E-state index is 0.00919. The van der Waals surface area contributed by atoms with Crippen molar-refractivity contribution in [2.45, 2.75) is 12.0 Å². The van der Waals surface area contributed by atoms with Crippen LogP contribution in [0.4, 0.5) is 24.7 Å². The fraction of sp³-hybridized carbons (Fsp3) is 0.235. The molecule has 3 heterocycles. The Balaban J connectivity index is 1.70. The number of halogens is 5. The molecule has 3 aromatic rings. The van der Waals surface area contributed by atoms with Crippen LogP contribution in [0, 0.1) is 5.82 Å². The normalized spacial score (nSPS) is 15.5. The van der Waals surface area contributed by atoms with Crippen molar-refractivity contribution in [3.05, 3.63) is 46.5 Å². The Morgan fingerprint density at radius 2 is 1.93 bits per heavy atom. The van der Waals surface area contributed by atoms with Crippen LogP contribution >= 0.6 is 23.2 Å². The van der Waals surface area contributed by atoms with E-state index in [1.807, 2.05) is 0 Å². The van der Waals surface area contributed by atoms with Gasteiger partial charge in [-0.15, -0.1) is 0 Å². The molecule has 2 N–H and O–H groups in total. The lowest BCUT2D eigenvalue weighted by Crippen LogP contribution is -2.67. The Kier molecular flexibility index (Phi) is 4.90. The lowest BCUT2D eigenvalue weighted by atomic mass is 9.98. The van der Waals surface area contributed by atoms with Crippen LogP contribution in [0.15, 0.2) is 30.6 Å².